The molecule has 8 heteroatoms. The summed E-state index contributed by atoms with van der Waals surface area (Å²) in [4.78, 5) is 35.4. The summed E-state index contributed by atoms with van der Waals surface area (Å²) >= 11 is 1.50. The summed E-state index contributed by atoms with van der Waals surface area (Å²) in [5.41, 5.74) is 0.864. The van der Waals surface area contributed by atoms with Crippen LogP contribution in [0.4, 0.5) is 0 Å². The molecule has 0 spiro atoms. The second kappa shape index (κ2) is 7.87. The Kier molecular flexibility index (Phi) is 5.86. The average molecular weight is 338 g/mol. The summed E-state index contributed by atoms with van der Waals surface area (Å²) in [7, 11) is 0. The molecule has 2 N–H and O–H groups in total. The highest BCUT2D eigenvalue weighted by Crippen LogP contribution is 2.18. The lowest BCUT2D eigenvalue weighted by Crippen LogP contribution is -2.39. The minimum Gasteiger partial charge on any atom is -0.482 e. The maximum absolute atomic E-state index is 12.0. The Balaban J connectivity index is 1.84. The molecule has 7 nitrogen and oxygen atoms in total. The highest BCUT2D eigenvalue weighted by Gasteiger charge is 2.23. The molecule has 0 radical (unpaired) electrons. The Hall–Kier alpha value is -2.22. The fourth-order valence-electron chi connectivity index (χ4n) is 2.08. The quantitative estimate of drug-likeness (QED) is 0.765. The van der Waals surface area contributed by atoms with Crippen LogP contribution in [0.15, 0.2) is 24.3 Å². The number of nitrogens with zero attached hydrogens (tertiary/aromatic N) is 1. The highest BCUT2D eigenvalue weighted by atomic mass is 32.2. The van der Waals surface area contributed by atoms with Gasteiger partial charge in [-0.3, -0.25) is 9.59 Å². The van der Waals surface area contributed by atoms with Crippen LogP contribution in [-0.4, -0.2) is 52.6 Å². The second-order valence-corrected chi connectivity index (χ2v) is 6.07. The predicted octanol–water partition coefficient (Wildman–Crippen LogP) is 0.860. The van der Waals surface area contributed by atoms with Gasteiger partial charge in [-0.1, -0.05) is 12.1 Å². The third kappa shape index (κ3) is 5.17. The second-order valence-electron chi connectivity index (χ2n) is 5.11. The van der Waals surface area contributed by atoms with Gasteiger partial charge in [0, 0.05) is 0 Å². The lowest BCUT2D eigenvalue weighted by molar-refractivity contribution is -0.139. The van der Waals surface area contributed by atoms with Crippen molar-refractivity contribution >= 4 is 29.5 Å². The van der Waals surface area contributed by atoms with Gasteiger partial charge in [-0.25, -0.2) is 4.79 Å². The zero-order chi connectivity index (χ0) is 16.8. The number of carbonyl (C=O) groups is 3. The van der Waals surface area contributed by atoms with Gasteiger partial charge in [-0.2, -0.15) is 0 Å². The van der Waals surface area contributed by atoms with Gasteiger partial charge in [-0.05, 0) is 24.6 Å². The molecule has 1 heterocycles. The normalized spacial score (nSPS) is 15.3. The van der Waals surface area contributed by atoms with Crippen molar-refractivity contribution in [3.63, 3.8) is 0 Å². The number of carboxylic acids is 1. The fraction of sp³-hybridized carbons (Fsp3) is 0.400. The first-order chi connectivity index (χ1) is 11.0. The summed E-state index contributed by atoms with van der Waals surface area (Å²) < 4.78 is 5.05. The van der Waals surface area contributed by atoms with Crippen LogP contribution in [0, 0.1) is 0 Å². The first-order valence-corrected chi connectivity index (χ1v) is 8.20. The summed E-state index contributed by atoms with van der Waals surface area (Å²) in [5.74, 6) is 0.174. The molecule has 1 aromatic carbocycles. The predicted molar refractivity (Wildman–Crippen MR) is 85.2 cm³/mol. The molecule has 0 saturated carbocycles. The van der Waals surface area contributed by atoms with Gasteiger partial charge in [0.2, 0.25) is 11.8 Å². The maximum atomic E-state index is 12.0. The largest absolute Gasteiger partial charge is 0.482 e. The molecule has 1 saturated heterocycles. The number of carboxylic acid groups (broad SMARTS) is 1. The third-order valence-corrected chi connectivity index (χ3v) is 4.23. The van der Waals surface area contributed by atoms with E-state index in [9.17, 15) is 14.4 Å². The lowest BCUT2D eigenvalue weighted by atomic mass is 10.1. The van der Waals surface area contributed by atoms with E-state index in [1.807, 2.05) is 6.92 Å². The van der Waals surface area contributed by atoms with Crippen LogP contribution >= 0.6 is 11.8 Å². The molecule has 1 fully saturated rings. The van der Waals surface area contributed by atoms with Gasteiger partial charge in [0.25, 0.3) is 0 Å². The van der Waals surface area contributed by atoms with Crippen LogP contribution in [0.1, 0.15) is 18.5 Å². The number of thioether (sulfide) groups is 1. The Morgan fingerprint density at radius 1 is 1.39 bits per heavy atom. The molecule has 0 bridgehead atoms. The van der Waals surface area contributed by atoms with E-state index in [0.29, 0.717) is 17.4 Å². The van der Waals surface area contributed by atoms with Gasteiger partial charge in [0.15, 0.2) is 6.61 Å². The van der Waals surface area contributed by atoms with Crippen molar-refractivity contribution in [1.82, 2.24) is 10.2 Å². The molecular weight excluding hydrogens is 320 g/mol. The van der Waals surface area contributed by atoms with Gasteiger partial charge in [0.1, 0.15) is 12.3 Å². The minimum atomic E-state index is -1.04. The molecule has 0 aromatic heterocycles. The number of amides is 2. The highest BCUT2D eigenvalue weighted by molar-refractivity contribution is 8.00. The molecule has 1 atom stereocenters. The van der Waals surface area contributed by atoms with Crippen LogP contribution in [0.3, 0.4) is 0 Å². The van der Waals surface area contributed by atoms with Crippen molar-refractivity contribution in [3.05, 3.63) is 29.8 Å². The molecule has 1 aliphatic rings. The molecule has 124 valence electrons. The standard InChI is InChI=1S/C15H18N2O5S/c1-10(16-13(18)6-17-9-23-8-14(17)19)11-2-4-12(5-3-11)22-7-15(20)21/h2-5,10H,6-9H2,1H3,(H,16,18)(H,20,21). The number of ether oxygens (including phenoxy) is 1. The average Bonchev–Trinajstić information content (AvgIpc) is 2.90. The van der Waals surface area contributed by atoms with Crippen LogP contribution in [0.2, 0.25) is 0 Å². The summed E-state index contributed by atoms with van der Waals surface area (Å²) in [6.45, 7) is 1.51. The fourth-order valence-corrected chi connectivity index (χ4v) is 2.99. The van der Waals surface area contributed by atoms with Crippen molar-refractivity contribution in [2.24, 2.45) is 0 Å². The zero-order valence-electron chi connectivity index (χ0n) is 12.7. The van der Waals surface area contributed by atoms with Gasteiger partial charge in [0.05, 0.1) is 17.7 Å². The molecule has 2 rings (SSSR count). The van der Waals surface area contributed by atoms with E-state index in [0.717, 1.165) is 5.56 Å². The summed E-state index contributed by atoms with van der Waals surface area (Å²) in [6, 6.07) is 6.61. The zero-order valence-corrected chi connectivity index (χ0v) is 13.5. The van der Waals surface area contributed by atoms with E-state index in [-0.39, 0.29) is 24.4 Å². The van der Waals surface area contributed by atoms with Crippen LogP contribution in [0.5, 0.6) is 5.75 Å². The Morgan fingerprint density at radius 2 is 2.09 bits per heavy atom. The molecular formula is C15H18N2O5S. The van der Waals surface area contributed by atoms with Crippen molar-refractivity contribution in [2.45, 2.75) is 13.0 Å². The van der Waals surface area contributed by atoms with Crippen LogP contribution in [0.25, 0.3) is 0 Å². The number of benzene rings is 1. The van der Waals surface area contributed by atoms with Gasteiger partial charge in [-0.15, -0.1) is 11.8 Å². The summed E-state index contributed by atoms with van der Waals surface area (Å²) in [6.07, 6.45) is 0. The van der Waals surface area contributed by atoms with Crippen LogP contribution in [-0.2, 0) is 14.4 Å². The molecule has 1 unspecified atom stereocenters. The summed E-state index contributed by atoms with van der Waals surface area (Å²) in [5, 5.41) is 11.4. The molecule has 1 aromatic rings. The van der Waals surface area contributed by atoms with E-state index in [1.54, 1.807) is 24.3 Å². The lowest BCUT2D eigenvalue weighted by Gasteiger charge is -2.18. The molecule has 2 amide bonds. The first kappa shape index (κ1) is 17.1. The van der Waals surface area contributed by atoms with Crippen molar-refractivity contribution in [1.29, 1.82) is 0 Å². The monoisotopic (exact) mass is 338 g/mol. The molecule has 0 aliphatic carbocycles. The number of aliphatic carboxylic acids is 1. The number of carbonyl (C=O) groups excluding carboxylic acids is 2. The first-order valence-electron chi connectivity index (χ1n) is 7.05. The van der Waals surface area contributed by atoms with E-state index in [2.05, 4.69) is 5.32 Å². The minimum absolute atomic E-state index is 0.0160. The number of nitrogens with one attached hydrogen (secondary N) is 1. The van der Waals surface area contributed by atoms with Crippen LogP contribution < -0.4 is 10.1 Å². The Bertz CT molecular complexity index is 590. The topological polar surface area (TPSA) is 95.9 Å². The van der Waals surface area contributed by atoms with Crippen molar-refractivity contribution in [2.75, 3.05) is 24.8 Å². The number of rotatable bonds is 7. The van der Waals surface area contributed by atoms with E-state index >= 15 is 0 Å². The number of hydrogen-bond donors (Lipinski definition) is 2. The smallest absolute Gasteiger partial charge is 0.341 e. The van der Waals surface area contributed by atoms with Crippen molar-refractivity contribution in [3.8, 4) is 5.75 Å². The van der Waals surface area contributed by atoms with Gasteiger partial charge >= 0.3 is 5.97 Å². The Labute approximate surface area is 138 Å². The van der Waals surface area contributed by atoms with Gasteiger partial charge < -0.3 is 20.1 Å². The SMILES string of the molecule is CC(NC(=O)CN1CSCC1=O)c1ccc(OCC(=O)O)cc1. The maximum Gasteiger partial charge on any atom is 0.341 e. The van der Waals surface area contributed by atoms with E-state index < -0.39 is 12.6 Å². The molecule has 23 heavy (non-hydrogen) atoms. The third-order valence-electron chi connectivity index (χ3n) is 3.28. The number of hydrogen-bond acceptors (Lipinski definition) is 5. The van der Waals surface area contributed by atoms with Crippen molar-refractivity contribution < 1.29 is 24.2 Å². The van der Waals surface area contributed by atoms with E-state index in [1.165, 1.54) is 16.7 Å². The Morgan fingerprint density at radius 3 is 2.65 bits per heavy atom. The van der Waals surface area contributed by atoms with E-state index in [4.69, 9.17) is 9.84 Å². The molecule has 1 aliphatic heterocycles.